The predicted molar refractivity (Wildman–Crippen MR) is 80.2 cm³/mol. The summed E-state index contributed by atoms with van der Waals surface area (Å²) in [5.41, 5.74) is 0.184. The van der Waals surface area contributed by atoms with Gasteiger partial charge in [0.05, 0.1) is 9.13 Å². The second-order valence-electron chi connectivity index (χ2n) is 4.13. The summed E-state index contributed by atoms with van der Waals surface area (Å²) >= 11 is 3.25. The maximum absolute atomic E-state index is 10.9. The molecule has 7 heteroatoms. The SMILES string of the molecule is CC(C)c1nsc(Oc2cc(C(=O)O)ccc2I)n1. The van der Waals surface area contributed by atoms with Gasteiger partial charge in [-0.3, -0.25) is 0 Å². The van der Waals surface area contributed by atoms with Crippen LogP contribution in [0.3, 0.4) is 0 Å². The highest BCUT2D eigenvalue weighted by Gasteiger charge is 2.13. The number of ether oxygens (including phenoxy) is 1. The molecule has 5 nitrogen and oxygen atoms in total. The molecular weight excluding hydrogens is 379 g/mol. The number of halogens is 1. The van der Waals surface area contributed by atoms with Crippen molar-refractivity contribution in [1.29, 1.82) is 0 Å². The molecule has 2 rings (SSSR count). The summed E-state index contributed by atoms with van der Waals surface area (Å²) in [6, 6.07) is 4.72. The molecule has 1 N–H and O–H groups in total. The zero-order valence-electron chi connectivity index (χ0n) is 10.3. The van der Waals surface area contributed by atoms with E-state index in [4.69, 9.17) is 9.84 Å². The van der Waals surface area contributed by atoms with Crippen LogP contribution in [-0.4, -0.2) is 20.4 Å². The Balaban J connectivity index is 2.26. The van der Waals surface area contributed by atoms with Gasteiger partial charge in [0.2, 0.25) is 0 Å². The van der Waals surface area contributed by atoms with Gasteiger partial charge in [-0.15, -0.1) is 0 Å². The van der Waals surface area contributed by atoms with Gasteiger partial charge in [-0.2, -0.15) is 9.36 Å². The fraction of sp³-hybridized carbons (Fsp3) is 0.250. The van der Waals surface area contributed by atoms with Gasteiger partial charge < -0.3 is 9.84 Å². The van der Waals surface area contributed by atoms with E-state index in [1.807, 2.05) is 13.8 Å². The minimum absolute atomic E-state index is 0.184. The van der Waals surface area contributed by atoms with Crippen molar-refractivity contribution in [2.75, 3.05) is 0 Å². The monoisotopic (exact) mass is 390 g/mol. The van der Waals surface area contributed by atoms with Crippen molar-refractivity contribution in [2.45, 2.75) is 19.8 Å². The molecule has 0 aliphatic carbocycles. The maximum atomic E-state index is 10.9. The van der Waals surface area contributed by atoms with Crippen LogP contribution in [-0.2, 0) is 0 Å². The number of carboxylic acids is 1. The molecule has 19 heavy (non-hydrogen) atoms. The zero-order chi connectivity index (χ0) is 14.0. The lowest BCUT2D eigenvalue weighted by atomic mass is 10.2. The molecule has 0 bridgehead atoms. The lowest BCUT2D eigenvalue weighted by Crippen LogP contribution is -1.97. The average molecular weight is 390 g/mol. The number of hydrogen-bond donors (Lipinski definition) is 1. The Bertz CT molecular complexity index is 613. The summed E-state index contributed by atoms with van der Waals surface area (Å²) < 4.78 is 10.6. The summed E-state index contributed by atoms with van der Waals surface area (Å²) in [6.45, 7) is 4.00. The number of carboxylic acid groups (broad SMARTS) is 1. The van der Waals surface area contributed by atoms with Crippen LogP contribution in [0.1, 0.15) is 35.9 Å². The molecular formula is C12H11IN2O3S. The Morgan fingerprint density at radius 2 is 2.21 bits per heavy atom. The predicted octanol–water partition coefficient (Wildman–Crippen LogP) is 3.76. The van der Waals surface area contributed by atoms with E-state index in [9.17, 15) is 4.79 Å². The minimum Gasteiger partial charge on any atom is -0.478 e. The molecule has 0 unspecified atom stereocenters. The summed E-state index contributed by atoms with van der Waals surface area (Å²) in [5.74, 6) is 0.454. The van der Waals surface area contributed by atoms with Gasteiger partial charge in [-0.1, -0.05) is 13.8 Å². The Morgan fingerprint density at radius 1 is 1.47 bits per heavy atom. The molecule has 0 aliphatic rings. The summed E-state index contributed by atoms with van der Waals surface area (Å²) in [7, 11) is 0. The first-order valence-electron chi connectivity index (χ1n) is 5.51. The molecule has 1 aromatic carbocycles. The van der Waals surface area contributed by atoms with E-state index in [0.29, 0.717) is 10.9 Å². The van der Waals surface area contributed by atoms with Crippen LogP contribution in [0.4, 0.5) is 0 Å². The lowest BCUT2D eigenvalue weighted by molar-refractivity contribution is 0.0696. The van der Waals surface area contributed by atoms with Crippen molar-refractivity contribution in [3.05, 3.63) is 33.2 Å². The average Bonchev–Trinajstić information content (AvgIpc) is 2.80. The second-order valence-corrected chi connectivity index (χ2v) is 6.00. The third-order valence-corrected chi connectivity index (χ3v) is 3.82. The third kappa shape index (κ3) is 3.41. The number of aromatic carboxylic acids is 1. The van der Waals surface area contributed by atoms with Crippen molar-refractivity contribution in [2.24, 2.45) is 0 Å². The largest absolute Gasteiger partial charge is 0.478 e. The van der Waals surface area contributed by atoms with E-state index in [0.717, 1.165) is 20.9 Å². The fourth-order valence-corrected chi connectivity index (χ4v) is 2.44. The van der Waals surface area contributed by atoms with E-state index in [-0.39, 0.29) is 11.5 Å². The van der Waals surface area contributed by atoms with Gasteiger partial charge in [0.15, 0.2) is 0 Å². The molecule has 0 fully saturated rings. The molecule has 2 aromatic rings. The van der Waals surface area contributed by atoms with Crippen molar-refractivity contribution in [3.63, 3.8) is 0 Å². The highest BCUT2D eigenvalue weighted by Crippen LogP contribution is 2.29. The van der Waals surface area contributed by atoms with Crippen LogP contribution in [0.5, 0.6) is 10.9 Å². The highest BCUT2D eigenvalue weighted by molar-refractivity contribution is 14.1. The van der Waals surface area contributed by atoms with Crippen molar-refractivity contribution in [1.82, 2.24) is 9.36 Å². The molecule has 1 aromatic heterocycles. The molecule has 0 saturated carbocycles. The van der Waals surface area contributed by atoms with Crippen LogP contribution in [0.2, 0.25) is 0 Å². The Labute approximate surface area is 128 Å². The smallest absolute Gasteiger partial charge is 0.335 e. The van der Waals surface area contributed by atoms with Crippen LogP contribution >= 0.6 is 34.1 Å². The molecule has 0 saturated heterocycles. The second kappa shape index (κ2) is 5.83. The molecule has 0 spiro atoms. The Morgan fingerprint density at radius 3 is 2.79 bits per heavy atom. The highest BCUT2D eigenvalue weighted by atomic mass is 127. The third-order valence-electron chi connectivity index (χ3n) is 2.31. The van der Waals surface area contributed by atoms with Crippen molar-refractivity contribution in [3.8, 4) is 10.9 Å². The quantitative estimate of drug-likeness (QED) is 0.805. The first-order valence-corrected chi connectivity index (χ1v) is 7.37. The van der Waals surface area contributed by atoms with Gasteiger partial charge >= 0.3 is 5.97 Å². The maximum Gasteiger partial charge on any atom is 0.335 e. The van der Waals surface area contributed by atoms with Gasteiger partial charge in [-0.25, -0.2) is 4.79 Å². The van der Waals surface area contributed by atoms with E-state index in [2.05, 4.69) is 31.9 Å². The molecule has 100 valence electrons. The van der Waals surface area contributed by atoms with Gasteiger partial charge in [0.1, 0.15) is 11.6 Å². The number of hydrogen-bond acceptors (Lipinski definition) is 5. The number of nitrogens with zero attached hydrogens (tertiary/aromatic N) is 2. The normalized spacial score (nSPS) is 10.7. The number of benzene rings is 1. The van der Waals surface area contributed by atoms with Crippen molar-refractivity contribution < 1.29 is 14.6 Å². The van der Waals surface area contributed by atoms with E-state index >= 15 is 0 Å². The van der Waals surface area contributed by atoms with Crippen LogP contribution in [0.15, 0.2) is 18.2 Å². The molecule has 0 radical (unpaired) electrons. The van der Waals surface area contributed by atoms with Crippen LogP contribution < -0.4 is 4.74 Å². The zero-order valence-corrected chi connectivity index (χ0v) is 13.2. The van der Waals surface area contributed by atoms with Gasteiger partial charge in [0, 0.05) is 17.5 Å². The number of rotatable bonds is 4. The lowest BCUT2D eigenvalue weighted by Gasteiger charge is -2.05. The molecule has 1 heterocycles. The molecule has 0 aliphatic heterocycles. The van der Waals surface area contributed by atoms with Crippen molar-refractivity contribution >= 4 is 40.1 Å². The van der Waals surface area contributed by atoms with E-state index in [1.54, 1.807) is 6.07 Å². The Kier molecular flexibility index (Phi) is 4.35. The number of aromatic nitrogens is 2. The first kappa shape index (κ1) is 14.2. The topological polar surface area (TPSA) is 72.3 Å². The number of carbonyl (C=O) groups is 1. The molecule has 0 atom stereocenters. The van der Waals surface area contributed by atoms with E-state index < -0.39 is 5.97 Å². The van der Waals surface area contributed by atoms with Gasteiger partial charge in [0.25, 0.3) is 5.19 Å². The Hall–Kier alpha value is -1.22. The van der Waals surface area contributed by atoms with Crippen LogP contribution in [0, 0.1) is 3.57 Å². The summed E-state index contributed by atoms with van der Waals surface area (Å²) in [4.78, 5) is 15.2. The van der Waals surface area contributed by atoms with E-state index in [1.165, 1.54) is 12.1 Å². The summed E-state index contributed by atoms with van der Waals surface area (Å²) in [6.07, 6.45) is 0. The first-order chi connectivity index (χ1) is 8.97. The molecule has 0 amide bonds. The van der Waals surface area contributed by atoms with Gasteiger partial charge in [-0.05, 0) is 40.8 Å². The summed E-state index contributed by atoms with van der Waals surface area (Å²) in [5, 5.41) is 9.38. The minimum atomic E-state index is -0.985. The van der Waals surface area contributed by atoms with Crippen LogP contribution in [0.25, 0.3) is 0 Å². The standard InChI is InChI=1S/C12H11IN2O3S/c1-6(2)10-14-12(19-15-10)18-9-5-7(11(16)17)3-4-8(9)13/h3-6H,1-2H3,(H,16,17). The fourth-order valence-electron chi connectivity index (χ4n) is 1.30.